The van der Waals surface area contributed by atoms with Crippen molar-refractivity contribution in [3.63, 3.8) is 0 Å². The molecule has 0 radical (unpaired) electrons. The first kappa shape index (κ1) is 19.0. The zero-order valence-corrected chi connectivity index (χ0v) is 15.7. The maximum atomic E-state index is 11.5. The summed E-state index contributed by atoms with van der Waals surface area (Å²) in [5.74, 6) is 0. The van der Waals surface area contributed by atoms with Gasteiger partial charge in [-0.15, -0.1) is 0 Å². The summed E-state index contributed by atoms with van der Waals surface area (Å²) in [6, 6.07) is 15.0. The molecule has 142 valence electrons. The first-order valence-corrected chi connectivity index (χ1v) is 8.65. The van der Waals surface area contributed by atoms with Crippen LogP contribution in [-0.2, 0) is 0 Å². The van der Waals surface area contributed by atoms with E-state index < -0.39 is 9.85 Å². The molecule has 7 heteroatoms. The monoisotopic (exact) mass is 377 g/mol. The summed E-state index contributed by atoms with van der Waals surface area (Å²) >= 11 is 0. The molecule has 0 heterocycles. The van der Waals surface area contributed by atoms with Crippen LogP contribution in [0, 0.1) is 41.0 Å². The lowest BCUT2D eigenvalue weighted by atomic mass is 9.99. The highest BCUT2D eigenvalue weighted by molar-refractivity contribution is 5.87. The third kappa shape index (κ3) is 3.68. The number of non-ortho nitro benzene ring substituents is 1. The number of anilines is 2. The molecule has 3 aromatic carbocycles. The summed E-state index contributed by atoms with van der Waals surface area (Å²) in [5.41, 5.74) is 5.20. The molecule has 0 atom stereocenters. The quantitative estimate of drug-likeness (QED) is 0.445. The number of nitro groups is 2. The minimum atomic E-state index is -0.639. The van der Waals surface area contributed by atoms with Crippen LogP contribution < -0.4 is 5.32 Å². The van der Waals surface area contributed by atoms with Crippen molar-refractivity contribution in [2.45, 2.75) is 20.8 Å². The minimum absolute atomic E-state index is 0.305. The summed E-state index contributed by atoms with van der Waals surface area (Å²) in [5, 5.41) is 25.9. The minimum Gasteiger partial charge on any atom is -0.355 e. The van der Waals surface area contributed by atoms with Crippen LogP contribution >= 0.6 is 0 Å². The number of nitro benzene ring substituents is 2. The lowest BCUT2D eigenvalue weighted by Gasteiger charge is -2.17. The molecule has 0 aliphatic carbocycles. The molecule has 28 heavy (non-hydrogen) atoms. The van der Waals surface area contributed by atoms with Crippen molar-refractivity contribution >= 4 is 22.7 Å². The van der Waals surface area contributed by atoms with Crippen molar-refractivity contribution < 1.29 is 9.85 Å². The lowest BCUT2D eigenvalue weighted by Crippen LogP contribution is -2.00. The molecular formula is C21H19N3O4. The molecule has 0 saturated heterocycles. The van der Waals surface area contributed by atoms with Crippen molar-refractivity contribution in [1.29, 1.82) is 0 Å². The van der Waals surface area contributed by atoms with Gasteiger partial charge in [0.2, 0.25) is 0 Å². The van der Waals surface area contributed by atoms with E-state index in [0.29, 0.717) is 16.8 Å². The van der Waals surface area contributed by atoms with Crippen LogP contribution in [0.3, 0.4) is 0 Å². The van der Waals surface area contributed by atoms with Gasteiger partial charge in [0.05, 0.1) is 21.5 Å². The molecule has 0 fully saturated rings. The lowest BCUT2D eigenvalue weighted by molar-refractivity contribution is -0.393. The zero-order chi connectivity index (χ0) is 20.4. The number of aryl methyl sites for hydroxylation is 3. The third-order valence-electron chi connectivity index (χ3n) is 4.54. The largest absolute Gasteiger partial charge is 0.355 e. The second kappa shape index (κ2) is 7.48. The topological polar surface area (TPSA) is 98.3 Å². The van der Waals surface area contributed by atoms with E-state index in [1.54, 1.807) is 12.1 Å². The Kier molecular flexibility index (Phi) is 5.08. The predicted octanol–water partition coefficient (Wildman–Crippen LogP) is 5.84. The molecule has 0 aromatic heterocycles. The van der Waals surface area contributed by atoms with Crippen LogP contribution in [0.2, 0.25) is 0 Å². The van der Waals surface area contributed by atoms with Gasteiger partial charge in [-0.1, -0.05) is 35.9 Å². The molecule has 0 bridgehead atoms. The summed E-state index contributed by atoms with van der Waals surface area (Å²) in [6.07, 6.45) is 0. The van der Waals surface area contributed by atoms with Crippen LogP contribution in [0.25, 0.3) is 11.1 Å². The molecule has 7 nitrogen and oxygen atoms in total. The zero-order valence-electron chi connectivity index (χ0n) is 15.7. The fourth-order valence-electron chi connectivity index (χ4n) is 3.35. The van der Waals surface area contributed by atoms with E-state index in [-0.39, 0.29) is 11.4 Å². The van der Waals surface area contributed by atoms with E-state index >= 15 is 0 Å². The number of benzene rings is 3. The van der Waals surface area contributed by atoms with E-state index in [4.69, 9.17) is 0 Å². The highest BCUT2D eigenvalue weighted by Crippen LogP contribution is 2.38. The van der Waals surface area contributed by atoms with E-state index in [9.17, 15) is 20.2 Å². The molecule has 3 aromatic rings. The van der Waals surface area contributed by atoms with Crippen LogP contribution in [-0.4, -0.2) is 9.85 Å². The summed E-state index contributed by atoms with van der Waals surface area (Å²) in [6.45, 7) is 6.02. The second-order valence-corrected chi connectivity index (χ2v) is 6.66. The molecule has 1 N–H and O–H groups in total. The van der Waals surface area contributed by atoms with Crippen molar-refractivity contribution in [1.82, 2.24) is 0 Å². The molecule has 0 saturated carbocycles. The molecule has 0 amide bonds. The van der Waals surface area contributed by atoms with Gasteiger partial charge in [-0.2, -0.15) is 0 Å². The Bertz CT molecular complexity index is 1070. The molecule has 0 aliphatic heterocycles. The molecule has 0 unspecified atom stereocenters. The number of hydrogen-bond donors (Lipinski definition) is 1. The Balaban J connectivity index is 2.14. The van der Waals surface area contributed by atoms with Crippen molar-refractivity contribution in [3.8, 4) is 11.1 Å². The Hall–Kier alpha value is -3.74. The fourth-order valence-corrected chi connectivity index (χ4v) is 3.35. The van der Waals surface area contributed by atoms with Gasteiger partial charge in [-0.05, 0) is 44.0 Å². The average molecular weight is 377 g/mol. The van der Waals surface area contributed by atoms with E-state index in [0.717, 1.165) is 28.4 Å². The van der Waals surface area contributed by atoms with Crippen LogP contribution in [0.5, 0.6) is 0 Å². The standard InChI is InChI=1S/C21H19N3O4/c1-13-10-14(2)21(15(3)11-13)22-19-7-5-4-6-17(19)18-9-8-16(23(25)26)12-20(18)24(27)28/h4-12,22H,1-3H3. The Labute approximate surface area is 161 Å². The highest BCUT2D eigenvalue weighted by atomic mass is 16.6. The van der Waals surface area contributed by atoms with Crippen LogP contribution in [0.15, 0.2) is 54.6 Å². The Morgan fingerprint density at radius 3 is 2.04 bits per heavy atom. The number of hydrogen-bond acceptors (Lipinski definition) is 5. The normalized spacial score (nSPS) is 10.5. The Morgan fingerprint density at radius 1 is 0.786 bits per heavy atom. The molecule has 0 spiro atoms. The summed E-state index contributed by atoms with van der Waals surface area (Å²) in [7, 11) is 0. The smallest absolute Gasteiger partial charge is 0.284 e. The maximum absolute atomic E-state index is 11.5. The van der Waals surface area contributed by atoms with Gasteiger partial charge in [-0.3, -0.25) is 20.2 Å². The van der Waals surface area contributed by atoms with Gasteiger partial charge >= 0.3 is 0 Å². The van der Waals surface area contributed by atoms with Gasteiger partial charge in [0.25, 0.3) is 11.4 Å². The molecule has 3 rings (SSSR count). The number of nitrogens with one attached hydrogen (secondary N) is 1. The number of para-hydroxylation sites is 1. The summed E-state index contributed by atoms with van der Waals surface area (Å²) < 4.78 is 0. The van der Waals surface area contributed by atoms with Crippen LogP contribution in [0.1, 0.15) is 16.7 Å². The van der Waals surface area contributed by atoms with Gasteiger partial charge < -0.3 is 5.32 Å². The van der Waals surface area contributed by atoms with Gasteiger partial charge in [0.15, 0.2) is 0 Å². The maximum Gasteiger partial charge on any atom is 0.284 e. The predicted molar refractivity (Wildman–Crippen MR) is 109 cm³/mol. The second-order valence-electron chi connectivity index (χ2n) is 6.66. The van der Waals surface area contributed by atoms with Crippen molar-refractivity contribution in [2.75, 3.05) is 5.32 Å². The van der Waals surface area contributed by atoms with Gasteiger partial charge in [0.1, 0.15) is 0 Å². The van der Waals surface area contributed by atoms with Crippen molar-refractivity contribution in [2.24, 2.45) is 0 Å². The number of rotatable bonds is 5. The van der Waals surface area contributed by atoms with Crippen molar-refractivity contribution in [3.05, 3.63) is 91.5 Å². The van der Waals surface area contributed by atoms with E-state index in [2.05, 4.69) is 17.4 Å². The summed E-state index contributed by atoms with van der Waals surface area (Å²) in [4.78, 5) is 21.3. The highest BCUT2D eigenvalue weighted by Gasteiger charge is 2.22. The first-order chi connectivity index (χ1) is 13.3. The third-order valence-corrected chi connectivity index (χ3v) is 4.54. The van der Waals surface area contributed by atoms with E-state index in [1.807, 2.05) is 32.9 Å². The molecule has 0 aliphatic rings. The Morgan fingerprint density at radius 2 is 1.43 bits per heavy atom. The fraction of sp³-hybridized carbons (Fsp3) is 0.143. The van der Waals surface area contributed by atoms with Crippen LogP contribution in [0.4, 0.5) is 22.7 Å². The first-order valence-electron chi connectivity index (χ1n) is 8.65. The van der Waals surface area contributed by atoms with E-state index in [1.165, 1.54) is 12.1 Å². The number of nitrogens with zero attached hydrogens (tertiary/aromatic N) is 2. The SMILES string of the molecule is Cc1cc(C)c(Nc2ccccc2-c2ccc([N+](=O)[O-])cc2[N+](=O)[O-])c(C)c1. The molecular weight excluding hydrogens is 358 g/mol. The average Bonchev–Trinajstić information content (AvgIpc) is 2.64. The van der Waals surface area contributed by atoms with Gasteiger partial charge in [-0.25, -0.2) is 0 Å². The van der Waals surface area contributed by atoms with Gasteiger partial charge in [0, 0.05) is 23.0 Å².